The third kappa shape index (κ3) is 5.51. The van der Waals surface area contributed by atoms with Crippen molar-refractivity contribution in [1.29, 1.82) is 0 Å². The van der Waals surface area contributed by atoms with Gasteiger partial charge in [-0.15, -0.1) is 0 Å². The molecule has 0 radical (unpaired) electrons. The number of hydrogen-bond acceptors (Lipinski definition) is 2. The Labute approximate surface area is 294 Å². The van der Waals surface area contributed by atoms with Crippen molar-refractivity contribution >= 4 is 28.4 Å². The summed E-state index contributed by atoms with van der Waals surface area (Å²) in [5, 5.41) is 0. The molecule has 0 saturated heterocycles. The summed E-state index contributed by atoms with van der Waals surface area (Å²) in [7, 11) is 0. The van der Waals surface area contributed by atoms with Crippen LogP contribution in [0.15, 0.2) is 206 Å². The van der Waals surface area contributed by atoms with E-state index in [-0.39, 0.29) is 0 Å². The molecule has 2 heteroatoms. The molecule has 2 unspecified atom stereocenters. The summed E-state index contributed by atoms with van der Waals surface area (Å²) in [6, 6.07) is 65.9. The van der Waals surface area contributed by atoms with Crippen LogP contribution in [0, 0.1) is 0 Å². The summed E-state index contributed by atoms with van der Waals surface area (Å²) in [5.41, 5.74) is 14.5. The molecule has 2 aliphatic rings. The molecular weight excluding hydrogens is 605 g/mol. The summed E-state index contributed by atoms with van der Waals surface area (Å²) in [5.74, 6) is 0.388. The van der Waals surface area contributed by atoms with Crippen LogP contribution in [0.2, 0.25) is 0 Å². The molecule has 9 rings (SSSR count). The van der Waals surface area contributed by atoms with Gasteiger partial charge in [0.25, 0.3) is 0 Å². The molecule has 50 heavy (non-hydrogen) atoms. The number of para-hydroxylation sites is 2. The molecule has 0 spiro atoms. The number of hydrogen-bond donors (Lipinski definition) is 0. The zero-order valence-corrected chi connectivity index (χ0v) is 27.7. The SMILES string of the molecule is C1=CC2c3ccccc3N(c3ccc(-c4cccc(-c5ccc(N(c6ccccc6)c6ccc(-c7ccccc7)cc6)cc5)c4)cc3)C2C=C1. The van der Waals surface area contributed by atoms with E-state index in [9.17, 15) is 0 Å². The highest BCUT2D eigenvalue weighted by Gasteiger charge is 2.36. The van der Waals surface area contributed by atoms with E-state index < -0.39 is 0 Å². The van der Waals surface area contributed by atoms with Gasteiger partial charge in [-0.25, -0.2) is 0 Å². The highest BCUT2D eigenvalue weighted by atomic mass is 15.2. The maximum Gasteiger partial charge on any atom is 0.0629 e. The molecule has 0 fully saturated rings. The first-order chi connectivity index (χ1) is 24.8. The Kier molecular flexibility index (Phi) is 7.68. The normalized spacial score (nSPS) is 15.8. The third-order valence-electron chi connectivity index (χ3n) is 10.0. The van der Waals surface area contributed by atoms with Gasteiger partial charge in [-0.2, -0.15) is 0 Å². The predicted molar refractivity (Wildman–Crippen MR) is 211 cm³/mol. The monoisotopic (exact) mass is 640 g/mol. The standard InChI is InChI=1S/C48H36N2/c1-3-12-35(13-4-1)36-22-28-42(29-23-36)49(41-16-5-2-6-17-41)43-30-24-37(25-31-43)39-14-11-15-40(34-39)38-26-32-44(33-27-38)50-47-20-9-7-18-45(47)46-19-8-10-21-48(46)50/h1-34,45,47H. The summed E-state index contributed by atoms with van der Waals surface area (Å²) < 4.78 is 0. The zero-order chi connectivity index (χ0) is 33.3. The Balaban J connectivity index is 0.985. The van der Waals surface area contributed by atoms with E-state index in [4.69, 9.17) is 0 Å². The van der Waals surface area contributed by atoms with E-state index in [0.717, 1.165) is 17.1 Å². The van der Waals surface area contributed by atoms with Crippen LogP contribution >= 0.6 is 0 Å². The van der Waals surface area contributed by atoms with Crippen molar-refractivity contribution in [2.75, 3.05) is 9.80 Å². The van der Waals surface area contributed by atoms with Crippen LogP contribution in [-0.4, -0.2) is 6.04 Å². The van der Waals surface area contributed by atoms with E-state index in [0.29, 0.717) is 12.0 Å². The van der Waals surface area contributed by atoms with Crippen molar-refractivity contribution in [2.45, 2.75) is 12.0 Å². The Morgan fingerprint density at radius 2 is 0.860 bits per heavy atom. The molecule has 0 saturated carbocycles. The maximum atomic E-state index is 2.48. The summed E-state index contributed by atoms with van der Waals surface area (Å²) in [6.07, 6.45) is 9.01. The Morgan fingerprint density at radius 1 is 0.380 bits per heavy atom. The Morgan fingerprint density at radius 3 is 1.52 bits per heavy atom. The lowest BCUT2D eigenvalue weighted by molar-refractivity contribution is 0.745. The van der Waals surface area contributed by atoms with Gasteiger partial charge in [-0.3, -0.25) is 0 Å². The first-order valence-corrected chi connectivity index (χ1v) is 17.3. The highest BCUT2D eigenvalue weighted by Crippen LogP contribution is 2.47. The van der Waals surface area contributed by atoms with Gasteiger partial charge in [-0.05, 0) is 99.6 Å². The first kappa shape index (κ1) is 29.7. The second-order valence-electron chi connectivity index (χ2n) is 13.0. The van der Waals surface area contributed by atoms with Crippen molar-refractivity contribution < 1.29 is 0 Å². The molecule has 1 aliphatic heterocycles. The van der Waals surface area contributed by atoms with E-state index in [1.54, 1.807) is 0 Å². The number of rotatable bonds is 7. The van der Waals surface area contributed by atoms with E-state index in [1.807, 2.05) is 0 Å². The fraction of sp³-hybridized carbons (Fsp3) is 0.0417. The van der Waals surface area contributed by atoms with Crippen molar-refractivity contribution in [3.05, 3.63) is 212 Å². The smallest absolute Gasteiger partial charge is 0.0629 e. The molecule has 2 nitrogen and oxygen atoms in total. The molecular formula is C48H36N2. The average Bonchev–Trinajstić information content (AvgIpc) is 3.54. The molecule has 238 valence electrons. The summed E-state index contributed by atoms with van der Waals surface area (Å²) in [4.78, 5) is 4.80. The lowest BCUT2D eigenvalue weighted by Gasteiger charge is -2.28. The third-order valence-corrected chi connectivity index (χ3v) is 10.0. The zero-order valence-electron chi connectivity index (χ0n) is 27.7. The van der Waals surface area contributed by atoms with Gasteiger partial charge in [0.15, 0.2) is 0 Å². The molecule has 1 aliphatic carbocycles. The van der Waals surface area contributed by atoms with Crippen LogP contribution < -0.4 is 9.80 Å². The van der Waals surface area contributed by atoms with Crippen molar-refractivity contribution in [1.82, 2.24) is 0 Å². The highest BCUT2D eigenvalue weighted by molar-refractivity contribution is 5.82. The van der Waals surface area contributed by atoms with Gasteiger partial charge < -0.3 is 9.80 Å². The lowest BCUT2D eigenvalue weighted by Crippen LogP contribution is -2.28. The molecule has 0 N–H and O–H groups in total. The molecule has 0 aromatic heterocycles. The van der Waals surface area contributed by atoms with Gasteiger partial charge in [0.2, 0.25) is 0 Å². The molecule has 7 aromatic carbocycles. The van der Waals surface area contributed by atoms with E-state index in [1.165, 1.54) is 50.3 Å². The van der Waals surface area contributed by atoms with Gasteiger partial charge >= 0.3 is 0 Å². The fourth-order valence-electron chi connectivity index (χ4n) is 7.54. The topological polar surface area (TPSA) is 6.48 Å². The largest absolute Gasteiger partial charge is 0.333 e. The fourth-order valence-corrected chi connectivity index (χ4v) is 7.54. The minimum atomic E-state index is 0.306. The van der Waals surface area contributed by atoms with Crippen LogP contribution in [0.4, 0.5) is 28.4 Å². The van der Waals surface area contributed by atoms with Crippen molar-refractivity contribution in [3.8, 4) is 33.4 Å². The van der Waals surface area contributed by atoms with Crippen molar-refractivity contribution in [3.63, 3.8) is 0 Å². The molecule has 0 amide bonds. The van der Waals surface area contributed by atoms with Crippen LogP contribution in [0.5, 0.6) is 0 Å². The van der Waals surface area contributed by atoms with Crippen LogP contribution in [0.1, 0.15) is 11.5 Å². The second-order valence-corrected chi connectivity index (χ2v) is 13.0. The predicted octanol–water partition coefficient (Wildman–Crippen LogP) is 12.9. The van der Waals surface area contributed by atoms with E-state index >= 15 is 0 Å². The average molecular weight is 641 g/mol. The quantitative estimate of drug-likeness (QED) is 0.171. The molecule has 0 bridgehead atoms. The minimum absolute atomic E-state index is 0.306. The van der Waals surface area contributed by atoms with Gasteiger partial charge in [0, 0.05) is 34.4 Å². The van der Waals surface area contributed by atoms with Crippen LogP contribution in [0.3, 0.4) is 0 Å². The number of anilines is 5. The number of benzene rings is 7. The van der Waals surface area contributed by atoms with Gasteiger partial charge in [0.1, 0.15) is 0 Å². The van der Waals surface area contributed by atoms with Crippen LogP contribution in [-0.2, 0) is 0 Å². The number of nitrogens with zero attached hydrogens (tertiary/aromatic N) is 2. The van der Waals surface area contributed by atoms with Crippen LogP contribution in [0.25, 0.3) is 33.4 Å². The summed E-state index contributed by atoms with van der Waals surface area (Å²) in [6.45, 7) is 0. The Hall–Kier alpha value is -6.38. The minimum Gasteiger partial charge on any atom is -0.333 e. The second kappa shape index (κ2) is 12.9. The lowest BCUT2D eigenvalue weighted by atomic mass is 9.91. The molecule has 1 heterocycles. The molecule has 2 atom stereocenters. The number of fused-ring (bicyclic) bond motifs is 3. The van der Waals surface area contributed by atoms with Gasteiger partial charge in [-0.1, -0.05) is 146 Å². The van der Waals surface area contributed by atoms with Crippen molar-refractivity contribution in [2.24, 2.45) is 0 Å². The van der Waals surface area contributed by atoms with Gasteiger partial charge in [0.05, 0.1) is 6.04 Å². The maximum absolute atomic E-state index is 2.48. The first-order valence-electron chi connectivity index (χ1n) is 17.3. The number of allylic oxidation sites excluding steroid dienone is 2. The summed E-state index contributed by atoms with van der Waals surface area (Å²) >= 11 is 0. The molecule has 7 aromatic rings. The van der Waals surface area contributed by atoms with E-state index in [2.05, 4.69) is 216 Å². The Bertz CT molecular complexity index is 2300.